The number of aromatic nitrogens is 3. The van der Waals surface area contributed by atoms with Crippen LogP contribution < -0.4 is 15.8 Å². The Morgan fingerprint density at radius 3 is 2.57 bits per heavy atom. The number of alkyl halides is 3. The Balaban J connectivity index is 2.34. The number of benzene rings is 1. The van der Waals surface area contributed by atoms with Crippen molar-refractivity contribution < 1.29 is 17.9 Å². The minimum Gasteiger partial charge on any atom is -0.404 e. The number of halogens is 5. The number of nitrogens with zero attached hydrogens (tertiary/aromatic N) is 3. The van der Waals surface area contributed by atoms with Crippen LogP contribution in [-0.4, -0.2) is 21.3 Å². The predicted molar refractivity (Wildman–Crippen MR) is 73.4 cm³/mol. The van der Waals surface area contributed by atoms with Crippen LogP contribution in [0.25, 0.3) is 0 Å². The summed E-state index contributed by atoms with van der Waals surface area (Å²) < 4.78 is 41.4. The van der Waals surface area contributed by atoms with E-state index >= 15 is 0 Å². The lowest BCUT2D eigenvalue weighted by atomic mass is 10.3. The van der Waals surface area contributed by atoms with Crippen LogP contribution in [0.15, 0.2) is 22.7 Å². The van der Waals surface area contributed by atoms with Crippen molar-refractivity contribution in [3.8, 4) is 5.75 Å². The van der Waals surface area contributed by atoms with E-state index in [1.807, 2.05) is 0 Å². The molecule has 3 N–H and O–H groups in total. The summed E-state index contributed by atoms with van der Waals surface area (Å²) in [6.45, 7) is 0. The van der Waals surface area contributed by atoms with E-state index in [1.165, 1.54) is 12.1 Å². The SMILES string of the molecule is Nc1nc(Cl)nc(Nc2ccc(Br)cc2OC(F)(F)F)n1. The van der Waals surface area contributed by atoms with Gasteiger partial charge in [0.25, 0.3) is 0 Å². The third-order valence-electron chi connectivity index (χ3n) is 2.04. The molecule has 0 atom stereocenters. The van der Waals surface area contributed by atoms with Crippen molar-refractivity contribution in [1.82, 2.24) is 15.0 Å². The summed E-state index contributed by atoms with van der Waals surface area (Å²) in [5.74, 6) is -0.748. The monoisotopic (exact) mass is 383 g/mol. The van der Waals surface area contributed by atoms with Crippen LogP contribution in [0.1, 0.15) is 0 Å². The van der Waals surface area contributed by atoms with Gasteiger partial charge in [-0.2, -0.15) is 15.0 Å². The highest BCUT2D eigenvalue weighted by Crippen LogP contribution is 2.34. The molecule has 2 rings (SSSR count). The number of nitrogens with one attached hydrogen (secondary N) is 1. The second kappa shape index (κ2) is 5.90. The van der Waals surface area contributed by atoms with E-state index in [0.29, 0.717) is 4.47 Å². The number of nitrogens with two attached hydrogens (primary N) is 1. The fraction of sp³-hybridized carbons (Fsp3) is 0.100. The third-order valence-corrected chi connectivity index (χ3v) is 2.70. The van der Waals surface area contributed by atoms with Crippen LogP contribution in [0, 0.1) is 0 Å². The lowest BCUT2D eigenvalue weighted by Crippen LogP contribution is -2.18. The number of anilines is 3. The first-order valence-corrected chi connectivity index (χ1v) is 6.39. The van der Waals surface area contributed by atoms with E-state index in [4.69, 9.17) is 17.3 Å². The van der Waals surface area contributed by atoms with Gasteiger partial charge in [0.05, 0.1) is 5.69 Å². The normalized spacial score (nSPS) is 11.3. The summed E-state index contributed by atoms with van der Waals surface area (Å²) in [7, 11) is 0. The van der Waals surface area contributed by atoms with Crippen molar-refractivity contribution in [2.24, 2.45) is 0 Å². The molecule has 0 saturated carbocycles. The summed E-state index contributed by atoms with van der Waals surface area (Å²) >= 11 is 8.64. The number of hydrogen-bond acceptors (Lipinski definition) is 6. The highest BCUT2D eigenvalue weighted by Gasteiger charge is 2.32. The number of rotatable bonds is 3. The molecule has 11 heteroatoms. The summed E-state index contributed by atoms with van der Waals surface area (Å²) in [6, 6.07) is 4.00. The molecule has 0 aliphatic heterocycles. The second-order valence-corrected chi connectivity index (χ2v) is 4.85. The zero-order valence-corrected chi connectivity index (χ0v) is 12.3. The summed E-state index contributed by atoms with van der Waals surface area (Å²) in [4.78, 5) is 10.9. The molecule has 0 spiro atoms. The number of ether oxygens (including phenoxy) is 1. The van der Waals surface area contributed by atoms with Gasteiger partial charge in [-0.15, -0.1) is 13.2 Å². The number of hydrogen-bond donors (Lipinski definition) is 2. The van der Waals surface area contributed by atoms with E-state index in [9.17, 15) is 13.2 Å². The fourth-order valence-corrected chi connectivity index (χ4v) is 1.86. The first kappa shape index (κ1) is 15.6. The largest absolute Gasteiger partial charge is 0.573 e. The lowest BCUT2D eigenvalue weighted by molar-refractivity contribution is -0.274. The molecule has 0 aliphatic rings. The summed E-state index contributed by atoms with van der Waals surface area (Å²) in [5, 5.41) is 2.34. The minimum atomic E-state index is -4.84. The zero-order valence-electron chi connectivity index (χ0n) is 9.95. The van der Waals surface area contributed by atoms with Crippen LogP contribution >= 0.6 is 27.5 Å². The molecule has 0 fully saturated rings. The molecule has 2 aromatic rings. The van der Waals surface area contributed by atoms with Crippen LogP contribution in [0.4, 0.5) is 30.8 Å². The van der Waals surface area contributed by atoms with Crippen molar-refractivity contribution in [3.05, 3.63) is 28.0 Å². The Hall–Kier alpha value is -1.81. The van der Waals surface area contributed by atoms with Gasteiger partial charge in [0, 0.05) is 4.47 Å². The molecule has 0 saturated heterocycles. The van der Waals surface area contributed by atoms with Crippen LogP contribution in [0.3, 0.4) is 0 Å². The van der Waals surface area contributed by atoms with Crippen LogP contribution in [-0.2, 0) is 0 Å². The molecular weight excluding hydrogens is 378 g/mol. The van der Waals surface area contributed by atoms with E-state index < -0.39 is 12.1 Å². The van der Waals surface area contributed by atoms with Crippen molar-refractivity contribution in [3.63, 3.8) is 0 Å². The Morgan fingerprint density at radius 2 is 1.95 bits per heavy atom. The molecule has 112 valence electrons. The van der Waals surface area contributed by atoms with Gasteiger partial charge in [-0.05, 0) is 29.8 Å². The van der Waals surface area contributed by atoms with Gasteiger partial charge in [0.2, 0.25) is 17.2 Å². The first-order chi connectivity index (χ1) is 9.73. The molecule has 6 nitrogen and oxygen atoms in total. The highest BCUT2D eigenvalue weighted by molar-refractivity contribution is 9.10. The topological polar surface area (TPSA) is 86.0 Å². The lowest BCUT2D eigenvalue weighted by Gasteiger charge is -2.14. The van der Waals surface area contributed by atoms with Crippen molar-refractivity contribution >= 4 is 45.1 Å². The molecule has 0 bridgehead atoms. The third kappa shape index (κ3) is 4.60. The Bertz CT molecular complexity index is 649. The van der Waals surface area contributed by atoms with Gasteiger partial charge >= 0.3 is 6.36 Å². The van der Waals surface area contributed by atoms with E-state index in [-0.39, 0.29) is 22.9 Å². The smallest absolute Gasteiger partial charge is 0.404 e. The standard InChI is InChI=1S/C10H6BrClF3N5O/c11-4-1-2-5(6(3-4)21-10(13,14)15)17-9-19-7(12)18-8(16)20-9/h1-3H,(H3,16,17,18,19,20). The minimum absolute atomic E-state index is 0.0165. The molecule has 0 radical (unpaired) electrons. The van der Waals surface area contributed by atoms with E-state index in [0.717, 1.165) is 6.07 Å². The highest BCUT2D eigenvalue weighted by atomic mass is 79.9. The number of nitrogen functional groups attached to an aromatic ring is 1. The molecule has 1 aromatic heterocycles. The van der Waals surface area contributed by atoms with Crippen molar-refractivity contribution in [2.45, 2.75) is 6.36 Å². The van der Waals surface area contributed by atoms with Crippen molar-refractivity contribution in [1.29, 1.82) is 0 Å². The average molecular weight is 385 g/mol. The zero-order chi connectivity index (χ0) is 15.6. The van der Waals surface area contributed by atoms with E-state index in [1.54, 1.807) is 0 Å². The van der Waals surface area contributed by atoms with Gasteiger partial charge < -0.3 is 15.8 Å². The van der Waals surface area contributed by atoms with Crippen LogP contribution in [0.5, 0.6) is 5.75 Å². The molecule has 0 amide bonds. The molecule has 0 unspecified atom stereocenters. The van der Waals surface area contributed by atoms with Gasteiger partial charge in [0.15, 0.2) is 5.75 Å². The molecule has 1 heterocycles. The summed E-state index contributed by atoms with van der Waals surface area (Å²) in [5.41, 5.74) is 5.36. The fourth-order valence-electron chi connectivity index (χ4n) is 1.35. The Labute approximate surface area is 129 Å². The maximum absolute atomic E-state index is 12.4. The average Bonchev–Trinajstić information content (AvgIpc) is 2.29. The Kier molecular flexibility index (Phi) is 4.37. The maximum Gasteiger partial charge on any atom is 0.573 e. The van der Waals surface area contributed by atoms with Crippen molar-refractivity contribution in [2.75, 3.05) is 11.1 Å². The summed E-state index contributed by atoms with van der Waals surface area (Å²) in [6.07, 6.45) is -4.84. The van der Waals surface area contributed by atoms with E-state index in [2.05, 4.69) is 40.9 Å². The van der Waals surface area contributed by atoms with Crippen LogP contribution in [0.2, 0.25) is 5.28 Å². The van der Waals surface area contributed by atoms with Gasteiger partial charge in [-0.25, -0.2) is 0 Å². The molecule has 1 aromatic carbocycles. The van der Waals surface area contributed by atoms with Gasteiger partial charge in [-0.1, -0.05) is 15.9 Å². The Morgan fingerprint density at radius 1 is 1.24 bits per heavy atom. The van der Waals surface area contributed by atoms with Gasteiger partial charge in [0.1, 0.15) is 0 Å². The molecular formula is C10H6BrClF3N5O. The quantitative estimate of drug-likeness (QED) is 0.842. The first-order valence-electron chi connectivity index (χ1n) is 5.22. The molecule has 21 heavy (non-hydrogen) atoms. The van der Waals surface area contributed by atoms with Gasteiger partial charge in [-0.3, -0.25) is 0 Å². The second-order valence-electron chi connectivity index (χ2n) is 3.60. The molecule has 0 aliphatic carbocycles. The maximum atomic E-state index is 12.4. The predicted octanol–water partition coefficient (Wildman–Crippen LogP) is 3.51.